The molecule has 0 N–H and O–H groups in total. The van der Waals surface area contributed by atoms with Crippen molar-refractivity contribution in [3.05, 3.63) is 12.3 Å². The van der Waals surface area contributed by atoms with Crippen molar-refractivity contribution in [1.29, 1.82) is 0 Å². The summed E-state index contributed by atoms with van der Waals surface area (Å²) >= 11 is 0. The lowest BCUT2D eigenvalue weighted by Crippen LogP contribution is -2.27. The van der Waals surface area contributed by atoms with E-state index in [0.717, 1.165) is 13.0 Å². The molecule has 0 amide bonds. The van der Waals surface area contributed by atoms with Crippen LogP contribution in [-0.4, -0.2) is 43.0 Å². The summed E-state index contributed by atoms with van der Waals surface area (Å²) in [5, 5.41) is 0. The van der Waals surface area contributed by atoms with Gasteiger partial charge in [0, 0.05) is 25.3 Å². The zero-order chi connectivity index (χ0) is 11.0. The largest absolute Gasteiger partial charge is 0.374 e. The minimum atomic E-state index is 1.09. The first-order chi connectivity index (χ1) is 6.74. The smallest absolute Gasteiger partial charge is 0.0302 e. The number of hydrogen-bond acceptors (Lipinski definition) is 2. The Kier molecular flexibility index (Phi) is 7.58. The van der Waals surface area contributed by atoms with Gasteiger partial charge in [-0.25, -0.2) is 0 Å². The second-order valence-corrected chi connectivity index (χ2v) is 3.56. The lowest BCUT2D eigenvalue weighted by atomic mass is 10.3. The highest BCUT2D eigenvalue weighted by Crippen LogP contribution is 2.09. The summed E-state index contributed by atoms with van der Waals surface area (Å²) in [6.45, 7) is 15.0. The zero-order valence-electron chi connectivity index (χ0n) is 10.3. The van der Waals surface area contributed by atoms with Crippen LogP contribution in [0.1, 0.15) is 33.6 Å². The fourth-order valence-electron chi connectivity index (χ4n) is 1.59. The molecule has 0 radical (unpaired) electrons. The summed E-state index contributed by atoms with van der Waals surface area (Å²) in [5.74, 6) is 0. The first-order valence-electron chi connectivity index (χ1n) is 5.85. The molecule has 1 rings (SSSR count). The summed E-state index contributed by atoms with van der Waals surface area (Å²) in [6, 6.07) is 0. The third kappa shape index (κ3) is 4.66. The van der Waals surface area contributed by atoms with E-state index >= 15 is 0 Å². The Bertz CT molecular complexity index is 154. The van der Waals surface area contributed by atoms with Gasteiger partial charge in [-0.3, -0.25) is 0 Å². The van der Waals surface area contributed by atoms with Gasteiger partial charge in [0.05, 0.1) is 0 Å². The van der Waals surface area contributed by atoms with Crippen LogP contribution in [0.5, 0.6) is 0 Å². The highest BCUT2D eigenvalue weighted by atomic mass is 15.2. The summed E-state index contributed by atoms with van der Waals surface area (Å²) < 4.78 is 0. The van der Waals surface area contributed by atoms with Gasteiger partial charge in [-0.1, -0.05) is 27.4 Å². The lowest BCUT2D eigenvalue weighted by molar-refractivity contribution is 0.322. The standard InChI is InChI=1S/C10H20N2.C2H6/c1-4-10(2)12-7-5-6-11(3)8-9-12;1-2/h2,4-9H2,1,3H3;1-2H3. The first-order valence-corrected chi connectivity index (χ1v) is 5.85. The quantitative estimate of drug-likeness (QED) is 0.673. The summed E-state index contributed by atoms with van der Waals surface area (Å²) in [7, 11) is 2.19. The van der Waals surface area contributed by atoms with Gasteiger partial charge in [-0.05, 0) is 26.4 Å². The molecule has 0 spiro atoms. The SMILES string of the molecule is C=C(CC)N1CCCN(C)CC1.CC. The van der Waals surface area contributed by atoms with Crippen LogP contribution in [0.2, 0.25) is 0 Å². The Morgan fingerprint density at radius 3 is 2.36 bits per heavy atom. The average molecular weight is 198 g/mol. The summed E-state index contributed by atoms with van der Waals surface area (Å²) in [5.41, 5.74) is 1.30. The molecule has 1 aliphatic heterocycles. The number of rotatable bonds is 2. The van der Waals surface area contributed by atoms with E-state index in [1.54, 1.807) is 0 Å². The van der Waals surface area contributed by atoms with Crippen molar-refractivity contribution in [1.82, 2.24) is 9.80 Å². The predicted molar refractivity (Wildman–Crippen MR) is 64.5 cm³/mol. The van der Waals surface area contributed by atoms with Gasteiger partial charge in [0.1, 0.15) is 0 Å². The van der Waals surface area contributed by atoms with E-state index in [-0.39, 0.29) is 0 Å². The van der Waals surface area contributed by atoms with Crippen LogP contribution in [0.4, 0.5) is 0 Å². The van der Waals surface area contributed by atoms with Gasteiger partial charge < -0.3 is 9.80 Å². The van der Waals surface area contributed by atoms with Crippen molar-refractivity contribution in [2.75, 3.05) is 33.2 Å². The minimum absolute atomic E-state index is 1.09. The maximum atomic E-state index is 4.07. The molecule has 0 aromatic rings. The monoisotopic (exact) mass is 198 g/mol. The Labute approximate surface area is 89.6 Å². The molecule has 1 aliphatic rings. The minimum Gasteiger partial charge on any atom is -0.374 e. The van der Waals surface area contributed by atoms with Gasteiger partial charge in [0.2, 0.25) is 0 Å². The van der Waals surface area contributed by atoms with Crippen molar-refractivity contribution in [2.45, 2.75) is 33.6 Å². The average Bonchev–Trinajstić information content (AvgIpc) is 2.45. The van der Waals surface area contributed by atoms with Crippen LogP contribution in [0, 0.1) is 0 Å². The molecular formula is C12H26N2. The zero-order valence-corrected chi connectivity index (χ0v) is 10.3. The number of allylic oxidation sites excluding steroid dienone is 1. The fraction of sp³-hybridized carbons (Fsp3) is 0.833. The van der Waals surface area contributed by atoms with Crippen molar-refractivity contribution < 1.29 is 0 Å². The molecule has 0 atom stereocenters. The van der Waals surface area contributed by atoms with Gasteiger partial charge in [0.15, 0.2) is 0 Å². The molecule has 0 saturated carbocycles. The molecule has 0 bridgehead atoms. The number of hydrogen-bond donors (Lipinski definition) is 0. The molecule has 0 aliphatic carbocycles. The maximum absolute atomic E-state index is 4.07. The van der Waals surface area contributed by atoms with E-state index < -0.39 is 0 Å². The molecule has 14 heavy (non-hydrogen) atoms. The van der Waals surface area contributed by atoms with Crippen LogP contribution in [0.3, 0.4) is 0 Å². The van der Waals surface area contributed by atoms with Crippen molar-refractivity contribution in [3.63, 3.8) is 0 Å². The van der Waals surface area contributed by atoms with E-state index in [4.69, 9.17) is 0 Å². The molecule has 2 heteroatoms. The van der Waals surface area contributed by atoms with Gasteiger partial charge in [-0.15, -0.1) is 0 Å². The van der Waals surface area contributed by atoms with Crippen LogP contribution in [0.25, 0.3) is 0 Å². The topological polar surface area (TPSA) is 6.48 Å². The second-order valence-electron chi connectivity index (χ2n) is 3.56. The van der Waals surface area contributed by atoms with Crippen molar-refractivity contribution >= 4 is 0 Å². The molecule has 0 unspecified atom stereocenters. The Morgan fingerprint density at radius 2 is 1.79 bits per heavy atom. The molecule has 1 saturated heterocycles. The second kappa shape index (κ2) is 7.86. The highest BCUT2D eigenvalue weighted by Gasteiger charge is 2.11. The molecule has 1 fully saturated rings. The third-order valence-corrected chi connectivity index (χ3v) is 2.57. The van der Waals surface area contributed by atoms with Crippen LogP contribution in [-0.2, 0) is 0 Å². The molecular weight excluding hydrogens is 172 g/mol. The van der Waals surface area contributed by atoms with E-state index in [2.05, 4.69) is 30.4 Å². The number of nitrogens with zero attached hydrogens (tertiary/aromatic N) is 2. The molecule has 0 aromatic heterocycles. The lowest BCUT2D eigenvalue weighted by Gasteiger charge is -2.23. The molecule has 1 heterocycles. The molecule has 2 nitrogen and oxygen atoms in total. The van der Waals surface area contributed by atoms with Crippen molar-refractivity contribution in [3.8, 4) is 0 Å². The normalized spacial score (nSPS) is 18.1. The van der Waals surface area contributed by atoms with Gasteiger partial charge in [-0.2, -0.15) is 0 Å². The molecule has 84 valence electrons. The van der Waals surface area contributed by atoms with Crippen molar-refractivity contribution in [2.24, 2.45) is 0 Å². The van der Waals surface area contributed by atoms with E-state index in [1.807, 2.05) is 13.8 Å². The Balaban J connectivity index is 0.000000791. The van der Waals surface area contributed by atoms with Crippen LogP contribution >= 0.6 is 0 Å². The summed E-state index contributed by atoms with van der Waals surface area (Å²) in [4.78, 5) is 4.81. The predicted octanol–water partition coefficient (Wildman–Crippen LogP) is 2.57. The van der Waals surface area contributed by atoms with Gasteiger partial charge >= 0.3 is 0 Å². The summed E-state index contributed by atoms with van der Waals surface area (Å²) in [6.07, 6.45) is 2.36. The van der Waals surface area contributed by atoms with Crippen LogP contribution in [0.15, 0.2) is 12.3 Å². The Morgan fingerprint density at radius 1 is 1.14 bits per heavy atom. The third-order valence-electron chi connectivity index (χ3n) is 2.57. The maximum Gasteiger partial charge on any atom is 0.0302 e. The van der Waals surface area contributed by atoms with E-state index in [0.29, 0.717) is 0 Å². The fourth-order valence-corrected chi connectivity index (χ4v) is 1.59. The Hall–Kier alpha value is -0.500. The van der Waals surface area contributed by atoms with Gasteiger partial charge in [0.25, 0.3) is 0 Å². The molecule has 0 aromatic carbocycles. The highest BCUT2D eigenvalue weighted by molar-refractivity contribution is 4.93. The van der Waals surface area contributed by atoms with E-state index in [9.17, 15) is 0 Å². The first kappa shape index (κ1) is 13.5. The van der Waals surface area contributed by atoms with Crippen LogP contribution < -0.4 is 0 Å². The van der Waals surface area contributed by atoms with E-state index in [1.165, 1.54) is 31.8 Å². The number of likely N-dealkylation sites (N-methyl/N-ethyl adjacent to an activating group) is 1.